The van der Waals surface area contributed by atoms with Gasteiger partial charge in [-0.2, -0.15) is 0 Å². The van der Waals surface area contributed by atoms with E-state index in [4.69, 9.17) is 0 Å². The van der Waals surface area contributed by atoms with Gasteiger partial charge in [0.25, 0.3) is 0 Å². The first kappa shape index (κ1) is 29.5. The van der Waals surface area contributed by atoms with Crippen molar-refractivity contribution in [3.8, 4) is 10.4 Å². The average molecular weight is 515 g/mol. The zero-order chi connectivity index (χ0) is 26.9. The lowest BCUT2D eigenvalue weighted by molar-refractivity contribution is -0.131. The van der Waals surface area contributed by atoms with E-state index in [2.05, 4.69) is 74.5 Å². The monoisotopic (exact) mass is 514 g/mol. The van der Waals surface area contributed by atoms with Crippen LogP contribution in [0.2, 0.25) is 0 Å². The summed E-state index contributed by atoms with van der Waals surface area (Å²) in [5.74, 6) is 0.400. The Kier molecular flexibility index (Phi) is 11.1. The smallest absolute Gasteiger partial charge is 0.243 e. The molecule has 3 unspecified atom stereocenters. The molecule has 1 aliphatic heterocycles. The number of carbonyl (C=O) groups excluding carboxylic acids is 3. The summed E-state index contributed by atoms with van der Waals surface area (Å²) in [5, 5.41) is 5.89. The molecule has 1 fully saturated rings. The fraction of sp³-hybridized carbons (Fsp3) is 0.571. The second-order valence-corrected chi connectivity index (χ2v) is 11.8. The fourth-order valence-corrected chi connectivity index (χ4v) is 4.82. The van der Waals surface area contributed by atoms with Gasteiger partial charge in [0.15, 0.2) is 0 Å². The van der Waals surface area contributed by atoms with Crippen LogP contribution in [0.5, 0.6) is 0 Å². The van der Waals surface area contributed by atoms with Crippen LogP contribution in [-0.4, -0.2) is 47.2 Å². The van der Waals surface area contributed by atoms with E-state index in [9.17, 15) is 14.4 Å². The van der Waals surface area contributed by atoms with Crippen molar-refractivity contribution in [3.05, 3.63) is 41.0 Å². The van der Waals surface area contributed by atoms with E-state index in [0.717, 1.165) is 48.9 Å². The molecule has 7 nitrogen and oxygen atoms in total. The number of carbonyl (C=O) groups is 3. The Hall–Kier alpha value is -2.74. The standard InChI is InChI=1S/C21H27N3O2S.C7H15NO/c1-14(2)11-18(23-21(26)19-5-4-10-24(19)13-25)16-6-8-17(9-7-16)20-15(3)22-12-27-20;1-6(8-5-9)7(2,3)4/h6-9,12-14,18-19H,4-5,10-11H2,1-3H3,(H,23,26);5-6H,1-4H3,(H,8,9). The molecule has 3 atom stereocenters. The molecule has 1 aromatic carbocycles. The molecular weight excluding hydrogens is 472 g/mol. The number of nitrogens with one attached hydrogen (secondary N) is 2. The number of thiazole rings is 1. The lowest BCUT2D eigenvalue weighted by Crippen LogP contribution is -2.44. The highest BCUT2D eigenvalue weighted by Crippen LogP contribution is 2.30. The summed E-state index contributed by atoms with van der Waals surface area (Å²) < 4.78 is 0. The van der Waals surface area contributed by atoms with Crippen LogP contribution in [0.25, 0.3) is 10.4 Å². The number of rotatable bonds is 9. The summed E-state index contributed by atoms with van der Waals surface area (Å²) in [7, 11) is 0. The average Bonchev–Trinajstić information content (AvgIpc) is 3.47. The second kappa shape index (κ2) is 13.5. The van der Waals surface area contributed by atoms with E-state index >= 15 is 0 Å². The van der Waals surface area contributed by atoms with Crippen LogP contribution in [0, 0.1) is 18.3 Å². The molecule has 1 saturated heterocycles. The molecule has 2 aromatic rings. The number of benzene rings is 1. The minimum Gasteiger partial charge on any atom is -0.356 e. The predicted molar refractivity (Wildman–Crippen MR) is 147 cm³/mol. The largest absolute Gasteiger partial charge is 0.356 e. The first-order chi connectivity index (χ1) is 17.0. The number of aromatic nitrogens is 1. The van der Waals surface area contributed by atoms with Crippen LogP contribution < -0.4 is 10.6 Å². The molecule has 3 amide bonds. The third-order valence-electron chi connectivity index (χ3n) is 6.69. The molecule has 2 heterocycles. The molecule has 0 bridgehead atoms. The summed E-state index contributed by atoms with van der Waals surface area (Å²) >= 11 is 1.64. The van der Waals surface area contributed by atoms with Crippen molar-refractivity contribution < 1.29 is 14.4 Å². The number of hydrogen-bond acceptors (Lipinski definition) is 5. The Balaban J connectivity index is 0.000000434. The van der Waals surface area contributed by atoms with Gasteiger partial charge in [-0.05, 0) is 55.6 Å². The molecule has 1 aromatic heterocycles. The maximum absolute atomic E-state index is 12.8. The van der Waals surface area contributed by atoms with Crippen LogP contribution in [0.1, 0.15) is 78.1 Å². The van der Waals surface area contributed by atoms with E-state index in [1.54, 1.807) is 16.2 Å². The van der Waals surface area contributed by atoms with Crippen molar-refractivity contribution in [2.45, 2.75) is 85.9 Å². The minimum atomic E-state index is -0.337. The molecule has 3 rings (SSSR count). The molecule has 2 N–H and O–H groups in total. The maximum atomic E-state index is 12.8. The summed E-state index contributed by atoms with van der Waals surface area (Å²) in [6, 6.07) is 8.24. The molecule has 0 saturated carbocycles. The zero-order valence-electron chi connectivity index (χ0n) is 22.7. The molecule has 198 valence electrons. The van der Waals surface area contributed by atoms with Gasteiger partial charge in [0.1, 0.15) is 6.04 Å². The van der Waals surface area contributed by atoms with Crippen molar-refractivity contribution in [2.24, 2.45) is 11.3 Å². The quantitative estimate of drug-likeness (QED) is 0.455. The maximum Gasteiger partial charge on any atom is 0.243 e. The molecule has 8 heteroatoms. The fourth-order valence-electron chi connectivity index (χ4n) is 4.01. The van der Waals surface area contributed by atoms with E-state index in [-0.39, 0.29) is 29.4 Å². The van der Waals surface area contributed by atoms with Crippen molar-refractivity contribution in [1.29, 1.82) is 0 Å². The van der Waals surface area contributed by atoms with Crippen molar-refractivity contribution in [3.63, 3.8) is 0 Å². The lowest BCUT2D eigenvalue weighted by Gasteiger charge is -2.26. The zero-order valence-corrected chi connectivity index (χ0v) is 23.5. The number of likely N-dealkylation sites (tertiary alicyclic amines) is 1. The minimum absolute atomic E-state index is 0.0485. The van der Waals surface area contributed by atoms with Crippen LogP contribution in [0.3, 0.4) is 0 Å². The van der Waals surface area contributed by atoms with Crippen LogP contribution in [-0.2, 0) is 14.4 Å². The van der Waals surface area contributed by atoms with Crippen molar-refractivity contribution in [1.82, 2.24) is 20.5 Å². The van der Waals surface area contributed by atoms with E-state index < -0.39 is 0 Å². The molecule has 1 aliphatic rings. The number of hydrogen-bond donors (Lipinski definition) is 2. The number of nitrogens with zero attached hydrogens (tertiary/aromatic N) is 2. The van der Waals surface area contributed by atoms with Crippen LogP contribution in [0.4, 0.5) is 0 Å². The van der Waals surface area contributed by atoms with Gasteiger partial charge < -0.3 is 15.5 Å². The highest BCUT2D eigenvalue weighted by atomic mass is 32.1. The summed E-state index contributed by atoms with van der Waals surface area (Å²) in [6.45, 7) is 15.3. The van der Waals surface area contributed by atoms with Gasteiger partial charge in [-0.1, -0.05) is 58.9 Å². The SMILES string of the molecule is CC(NC=O)C(C)(C)C.Cc1ncsc1-c1ccc(C(CC(C)C)NC(=O)C2CCCN2C=O)cc1. The van der Waals surface area contributed by atoms with E-state index in [1.807, 2.05) is 19.4 Å². The van der Waals surface area contributed by atoms with Gasteiger partial charge in [-0.25, -0.2) is 4.98 Å². The third kappa shape index (κ3) is 8.43. The summed E-state index contributed by atoms with van der Waals surface area (Å²) in [5.41, 5.74) is 5.31. The summed E-state index contributed by atoms with van der Waals surface area (Å²) in [6.07, 6.45) is 4.02. The first-order valence-corrected chi connectivity index (χ1v) is 13.6. The van der Waals surface area contributed by atoms with E-state index in [0.29, 0.717) is 12.5 Å². The third-order valence-corrected chi connectivity index (χ3v) is 7.67. The molecule has 0 spiro atoms. The van der Waals surface area contributed by atoms with Crippen LogP contribution in [0.15, 0.2) is 29.8 Å². The molecule has 0 radical (unpaired) electrons. The Labute approximate surface area is 220 Å². The van der Waals surface area contributed by atoms with Gasteiger partial charge in [0, 0.05) is 12.6 Å². The highest BCUT2D eigenvalue weighted by molar-refractivity contribution is 7.13. The normalized spacial score (nSPS) is 17.1. The Morgan fingerprint density at radius 2 is 1.86 bits per heavy atom. The Bertz CT molecular complexity index is 981. The number of amides is 3. The summed E-state index contributed by atoms with van der Waals surface area (Å²) in [4.78, 5) is 41.0. The second-order valence-electron chi connectivity index (χ2n) is 11.0. The first-order valence-electron chi connectivity index (χ1n) is 12.7. The van der Waals surface area contributed by atoms with Gasteiger partial charge in [-0.15, -0.1) is 11.3 Å². The van der Waals surface area contributed by atoms with Gasteiger partial charge >= 0.3 is 0 Å². The van der Waals surface area contributed by atoms with E-state index in [1.165, 1.54) is 4.88 Å². The van der Waals surface area contributed by atoms with Crippen LogP contribution >= 0.6 is 11.3 Å². The Morgan fingerprint density at radius 1 is 1.19 bits per heavy atom. The van der Waals surface area contributed by atoms with Gasteiger partial charge in [0.2, 0.25) is 18.7 Å². The molecular formula is C28H42N4O3S. The predicted octanol–water partition coefficient (Wildman–Crippen LogP) is 5.11. The Morgan fingerprint density at radius 3 is 2.33 bits per heavy atom. The highest BCUT2D eigenvalue weighted by Gasteiger charge is 2.31. The van der Waals surface area contributed by atoms with Crippen molar-refractivity contribution in [2.75, 3.05) is 6.54 Å². The van der Waals surface area contributed by atoms with Gasteiger partial charge in [0.05, 0.1) is 22.1 Å². The molecule has 36 heavy (non-hydrogen) atoms. The molecule has 0 aliphatic carbocycles. The van der Waals surface area contributed by atoms with Gasteiger partial charge in [-0.3, -0.25) is 14.4 Å². The topological polar surface area (TPSA) is 91.4 Å². The lowest BCUT2D eigenvalue weighted by atomic mass is 9.88. The number of aryl methyl sites for hydroxylation is 1. The van der Waals surface area contributed by atoms with Crippen molar-refractivity contribution >= 4 is 30.1 Å².